The van der Waals surface area contributed by atoms with E-state index in [4.69, 9.17) is 0 Å². The third-order valence-corrected chi connectivity index (χ3v) is 3.91. The standard InChI is InChI=1S/C14H16N2O2/c1-9-12(14(17)18)11-7-4-8-15-13(11)16(9)10-5-2-3-6-10/h4,7-8,10H,2-3,5-6H2,1H3,(H,17,18). The molecule has 0 atom stereocenters. The molecular formula is C14H16N2O2. The number of aromatic nitrogens is 2. The number of pyridine rings is 1. The number of hydrogen-bond acceptors (Lipinski definition) is 2. The fourth-order valence-electron chi connectivity index (χ4n) is 3.14. The third kappa shape index (κ3) is 1.52. The summed E-state index contributed by atoms with van der Waals surface area (Å²) >= 11 is 0. The van der Waals surface area contributed by atoms with Crippen LogP contribution in [0.15, 0.2) is 18.3 Å². The van der Waals surface area contributed by atoms with Crippen LogP contribution in [0, 0.1) is 6.92 Å². The average molecular weight is 244 g/mol. The number of nitrogens with zero attached hydrogens (tertiary/aromatic N) is 2. The monoisotopic (exact) mass is 244 g/mol. The van der Waals surface area contributed by atoms with Gasteiger partial charge in [0.2, 0.25) is 0 Å². The zero-order chi connectivity index (χ0) is 12.7. The number of carboxylic acid groups (broad SMARTS) is 1. The Kier molecular flexibility index (Phi) is 2.58. The van der Waals surface area contributed by atoms with Crippen molar-refractivity contribution in [3.8, 4) is 0 Å². The minimum atomic E-state index is -0.859. The highest BCUT2D eigenvalue weighted by atomic mass is 16.4. The molecule has 3 rings (SSSR count). The van der Waals surface area contributed by atoms with Crippen molar-refractivity contribution in [2.75, 3.05) is 0 Å². The summed E-state index contributed by atoms with van der Waals surface area (Å²) in [4.78, 5) is 15.8. The Labute approximate surface area is 105 Å². The van der Waals surface area contributed by atoms with Gasteiger partial charge < -0.3 is 9.67 Å². The molecule has 1 fully saturated rings. The maximum Gasteiger partial charge on any atom is 0.338 e. The van der Waals surface area contributed by atoms with Gasteiger partial charge in [-0.3, -0.25) is 0 Å². The number of carbonyl (C=O) groups is 1. The van der Waals surface area contributed by atoms with E-state index in [-0.39, 0.29) is 0 Å². The number of carboxylic acids is 1. The molecule has 2 aromatic rings. The van der Waals surface area contributed by atoms with Gasteiger partial charge in [0, 0.05) is 23.3 Å². The maximum atomic E-state index is 11.4. The predicted molar refractivity (Wildman–Crippen MR) is 68.9 cm³/mol. The summed E-state index contributed by atoms with van der Waals surface area (Å²) < 4.78 is 2.13. The SMILES string of the molecule is Cc1c(C(=O)O)c2cccnc2n1C1CCCC1. The molecule has 2 aromatic heterocycles. The summed E-state index contributed by atoms with van der Waals surface area (Å²) in [6.07, 6.45) is 6.43. The van der Waals surface area contributed by atoms with Crippen LogP contribution in [-0.4, -0.2) is 20.6 Å². The first-order chi connectivity index (χ1) is 8.70. The molecule has 1 aliphatic rings. The van der Waals surface area contributed by atoms with Gasteiger partial charge in [0.1, 0.15) is 5.65 Å². The van der Waals surface area contributed by atoms with Gasteiger partial charge in [-0.2, -0.15) is 0 Å². The van der Waals surface area contributed by atoms with Crippen LogP contribution in [0.25, 0.3) is 11.0 Å². The van der Waals surface area contributed by atoms with Crippen molar-refractivity contribution < 1.29 is 9.90 Å². The molecule has 0 spiro atoms. The number of aromatic carboxylic acids is 1. The van der Waals surface area contributed by atoms with Crippen LogP contribution >= 0.6 is 0 Å². The minimum absolute atomic E-state index is 0.407. The molecule has 0 bridgehead atoms. The van der Waals surface area contributed by atoms with Crippen LogP contribution in [-0.2, 0) is 0 Å². The van der Waals surface area contributed by atoms with E-state index in [2.05, 4.69) is 9.55 Å². The van der Waals surface area contributed by atoms with E-state index in [9.17, 15) is 9.90 Å². The Morgan fingerprint density at radius 1 is 1.44 bits per heavy atom. The highest BCUT2D eigenvalue weighted by Crippen LogP contribution is 2.35. The second-order valence-electron chi connectivity index (χ2n) is 4.95. The van der Waals surface area contributed by atoms with Crippen molar-refractivity contribution in [2.45, 2.75) is 38.6 Å². The molecule has 2 heterocycles. The second-order valence-corrected chi connectivity index (χ2v) is 4.95. The van der Waals surface area contributed by atoms with E-state index in [0.29, 0.717) is 11.6 Å². The van der Waals surface area contributed by atoms with Gasteiger partial charge >= 0.3 is 5.97 Å². The third-order valence-electron chi connectivity index (χ3n) is 3.91. The smallest absolute Gasteiger partial charge is 0.338 e. The molecule has 0 radical (unpaired) electrons. The molecular weight excluding hydrogens is 228 g/mol. The second kappa shape index (κ2) is 4.12. The highest BCUT2D eigenvalue weighted by Gasteiger charge is 2.26. The van der Waals surface area contributed by atoms with Crippen molar-refractivity contribution in [1.29, 1.82) is 0 Å². The van der Waals surface area contributed by atoms with Gasteiger partial charge in [0.25, 0.3) is 0 Å². The first-order valence-corrected chi connectivity index (χ1v) is 6.39. The first kappa shape index (κ1) is 11.3. The topological polar surface area (TPSA) is 55.1 Å². The van der Waals surface area contributed by atoms with Gasteiger partial charge in [-0.15, -0.1) is 0 Å². The molecule has 1 aliphatic carbocycles. The van der Waals surface area contributed by atoms with Crippen molar-refractivity contribution in [3.63, 3.8) is 0 Å². The van der Waals surface area contributed by atoms with Crippen LogP contribution in [0.4, 0.5) is 0 Å². The summed E-state index contributed by atoms with van der Waals surface area (Å²) in [7, 11) is 0. The molecule has 0 aliphatic heterocycles. The summed E-state index contributed by atoms with van der Waals surface area (Å²) in [5.41, 5.74) is 2.06. The van der Waals surface area contributed by atoms with Gasteiger partial charge in [0.15, 0.2) is 0 Å². The molecule has 0 aromatic carbocycles. The lowest BCUT2D eigenvalue weighted by molar-refractivity contribution is 0.0698. The van der Waals surface area contributed by atoms with E-state index in [1.807, 2.05) is 13.0 Å². The number of hydrogen-bond donors (Lipinski definition) is 1. The largest absolute Gasteiger partial charge is 0.478 e. The van der Waals surface area contributed by atoms with Crippen LogP contribution in [0.5, 0.6) is 0 Å². The van der Waals surface area contributed by atoms with E-state index in [1.54, 1.807) is 12.3 Å². The van der Waals surface area contributed by atoms with Gasteiger partial charge in [0.05, 0.1) is 5.56 Å². The number of fused-ring (bicyclic) bond motifs is 1. The van der Waals surface area contributed by atoms with Gasteiger partial charge in [-0.1, -0.05) is 12.8 Å². The Bertz CT molecular complexity index is 610. The van der Waals surface area contributed by atoms with E-state index >= 15 is 0 Å². The van der Waals surface area contributed by atoms with Crippen molar-refractivity contribution >= 4 is 17.0 Å². The summed E-state index contributed by atoms with van der Waals surface area (Å²) in [6, 6.07) is 4.06. The fraction of sp³-hybridized carbons (Fsp3) is 0.429. The number of rotatable bonds is 2. The van der Waals surface area contributed by atoms with Crippen LogP contribution < -0.4 is 0 Å². The Hall–Kier alpha value is -1.84. The summed E-state index contributed by atoms with van der Waals surface area (Å²) in [5.74, 6) is -0.859. The normalized spacial score (nSPS) is 16.5. The first-order valence-electron chi connectivity index (χ1n) is 6.39. The van der Waals surface area contributed by atoms with Crippen molar-refractivity contribution in [3.05, 3.63) is 29.6 Å². The lowest BCUT2D eigenvalue weighted by Gasteiger charge is -2.15. The lowest BCUT2D eigenvalue weighted by Crippen LogP contribution is -2.08. The molecule has 18 heavy (non-hydrogen) atoms. The predicted octanol–water partition coefficient (Wildman–Crippen LogP) is 3.16. The van der Waals surface area contributed by atoms with Crippen LogP contribution in [0.1, 0.15) is 47.8 Å². The molecule has 0 saturated heterocycles. The Balaban J connectivity index is 2.30. The molecule has 94 valence electrons. The maximum absolute atomic E-state index is 11.4. The van der Waals surface area contributed by atoms with Crippen molar-refractivity contribution in [2.24, 2.45) is 0 Å². The lowest BCUT2D eigenvalue weighted by atomic mass is 10.2. The zero-order valence-corrected chi connectivity index (χ0v) is 10.4. The van der Waals surface area contributed by atoms with Crippen molar-refractivity contribution in [1.82, 2.24) is 9.55 Å². The minimum Gasteiger partial charge on any atom is -0.478 e. The van der Waals surface area contributed by atoms with Gasteiger partial charge in [-0.25, -0.2) is 9.78 Å². The van der Waals surface area contributed by atoms with E-state index in [0.717, 1.165) is 29.6 Å². The van der Waals surface area contributed by atoms with Crippen LogP contribution in [0.2, 0.25) is 0 Å². The average Bonchev–Trinajstić information content (AvgIpc) is 2.92. The molecule has 4 nitrogen and oxygen atoms in total. The Morgan fingerprint density at radius 2 is 2.17 bits per heavy atom. The van der Waals surface area contributed by atoms with E-state index in [1.165, 1.54) is 12.8 Å². The van der Waals surface area contributed by atoms with Crippen LogP contribution in [0.3, 0.4) is 0 Å². The fourth-order valence-corrected chi connectivity index (χ4v) is 3.14. The molecule has 0 unspecified atom stereocenters. The molecule has 1 N–H and O–H groups in total. The van der Waals surface area contributed by atoms with Gasteiger partial charge in [-0.05, 0) is 31.9 Å². The molecule has 4 heteroatoms. The quantitative estimate of drug-likeness (QED) is 0.882. The molecule has 1 saturated carbocycles. The summed E-state index contributed by atoms with van der Waals surface area (Å²) in [5, 5.41) is 10.1. The highest BCUT2D eigenvalue weighted by molar-refractivity contribution is 6.04. The molecule has 0 amide bonds. The Morgan fingerprint density at radius 3 is 2.83 bits per heavy atom. The summed E-state index contributed by atoms with van der Waals surface area (Å²) in [6.45, 7) is 1.89. The zero-order valence-electron chi connectivity index (χ0n) is 10.4. The van der Waals surface area contributed by atoms with E-state index < -0.39 is 5.97 Å².